The summed E-state index contributed by atoms with van der Waals surface area (Å²) in [6.07, 6.45) is 1.39. The van der Waals surface area contributed by atoms with E-state index in [1.54, 1.807) is 11.0 Å². The zero-order chi connectivity index (χ0) is 13.5. The number of aromatic nitrogens is 2. The summed E-state index contributed by atoms with van der Waals surface area (Å²) in [6.45, 7) is 0.0501. The lowest BCUT2D eigenvalue weighted by molar-refractivity contribution is -0.136. The summed E-state index contributed by atoms with van der Waals surface area (Å²) in [4.78, 5) is 31.4. The number of carbonyl (C=O) groups is 2. The second-order valence-electron chi connectivity index (χ2n) is 3.66. The lowest BCUT2D eigenvalue weighted by Crippen LogP contribution is -2.31. The van der Waals surface area contributed by atoms with Crippen molar-refractivity contribution >= 4 is 23.8 Å². The van der Waals surface area contributed by atoms with Crippen LogP contribution in [0.3, 0.4) is 0 Å². The van der Waals surface area contributed by atoms with E-state index in [1.807, 2.05) is 14.1 Å². The Bertz CT molecular complexity index is 435. The Kier molecular flexibility index (Phi) is 4.85. The van der Waals surface area contributed by atoms with Crippen LogP contribution >= 0.6 is 0 Å². The van der Waals surface area contributed by atoms with Crippen molar-refractivity contribution in [1.82, 2.24) is 15.3 Å². The molecule has 3 N–H and O–H groups in total. The molecule has 0 bridgehead atoms. The van der Waals surface area contributed by atoms with E-state index in [2.05, 4.69) is 20.6 Å². The molecule has 0 atom stereocenters. The molecular formula is C10H15N5O3. The normalized spacial score (nSPS) is 9.67. The van der Waals surface area contributed by atoms with E-state index in [-0.39, 0.29) is 18.9 Å². The molecule has 0 saturated carbocycles. The van der Waals surface area contributed by atoms with Crippen LogP contribution in [0.1, 0.15) is 6.42 Å². The number of anilines is 2. The molecule has 0 aromatic carbocycles. The fraction of sp³-hybridized carbons (Fsp3) is 0.400. The molecule has 1 heterocycles. The number of hydrogen-bond acceptors (Lipinski definition) is 5. The number of amides is 2. The van der Waals surface area contributed by atoms with Gasteiger partial charge in [0.15, 0.2) is 0 Å². The molecule has 98 valence electrons. The van der Waals surface area contributed by atoms with Gasteiger partial charge in [-0.2, -0.15) is 4.98 Å². The topological polar surface area (TPSA) is 107 Å². The molecule has 0 aliphatic carbocycles. The third kappa shape index (κ3) is 4.64. The number of aliphatic carboxylic acids is 1. The third-order valence-electron chi connectivity index (χ3n) is 1.95. The summed E-state index contributed by atoms with van der Waals surface area (Å²) in [5.41, 5.74) is 0. The van der Waals surface area contributed by atoms with Crippen LogP contribution in [-0.4, -0.2) is 47.7 Å². The number of rotatable bonds is 5. The Labute approximate surface area is 104 Å². The summed E-state index contributed by atoms with van der Waals surface area (Å²) in [5, 5.41) is 13.2. The molecule has 18 heavy (non-hydrogen) atoms. The number of carboxylic acid groups (broad SMARTS) is 1. The summed E-state index contributed by atoms with van der Waals surface area (Å²) < 4.78 is 0. The van der Waals surface area contributed by atoms with E-state index >= 15 is 0 Å². The van der Waals surface area contributed by atoms with Crippen molar-refractivity contribution in [3.63, 3.8) is 0 Å². The van der Waals surface area contributed by atoms with E-state index in [1.165, 1.54) is 6.20 Å². The average molecular weight is 253 g/mol. The Morgan fingerprint density at radius 2 is 2.17 bits per heavy atom. The third-order valence-corrected chi connectivity index (χ3v) is 1.95. The Morgan fingerprint density at radius 1 is 1.44 bits per heavy atom. The summed E-state index contributed by atoms with van der Waals surface area (Å²) in [7, 11) is 3.64. The van der Waals surface area contributed by atoms with Gasteiger partial charge in [0, 0.05) is 26.8 Å². The van der Waals surface area contributed by atoms with Crippen molar-refractivity contribution < 1.29 is 14.7 Å². The first kappa shape index (κ1) is 13.7. The van der Waals surface area contributed by atoms with Gasteiger partial charge in [0.1, 0.15) is 5.82 Å². The highest BCUT2D eigenvalue weighted by Crippen LogP contribution is 2.07. The molecule has 0 spiro atoms. The van der Waals surface area contributed by atoms with E-state index < -0.39 is 12.0 Å². The highest BCUT2D eigenvalue weighted by Gasteiger charge is 2.06. The van der Waals surface area contributed by atoms with Gasteiger partial charge in [-0.05, 0) is 6.07 Å². The van der Waals surface area contributed by atoms with Crippen molar-refractivity contribution in [2.45, 2.75) is 6.42 Å². The van der Waals surface area contributed by atoms with Crippen LogP contribution in [0.4, 0.5) is 16.6 Å². The predicted octanol–water partition coefficient (Wildman–Crippen LogP) is 0.139. The van der Waals surface area contributed by atoms with Gasteiger partial charge < -0.3 is 15.3 Å². The van der Waals surface area contributed by atoms with Crippen LogP contribution in [0.5, 0.6) is 0 Å². The number of carboxylic acids is 1. The molecule has 1 aromatic heterocycles. The maximum absolute atomic E-state index is 11.4. The molecule has 8 nitrogen and oxygen atoms in total. The van der Waals surface area contributed by atoms with Gasteiger partial charge in [-0.15, -0.1) is 0 Å². The Morgan fingerprint density at radius 3 is 2.78 bits per heavy atom. The highest BCUT2D eigenvalue weighted by atomic mass is 16.4. The van der Waals surface area contributed by atoms with Crippen molar-refractivity contribution in [3.05, 3.63) is 12.3 Å². The molecule has 0 aliphatic heterocycles. The molecule has 0 saturated heterocycles. The van der Waals surface area contributed by atoms with Gasteiger partial charge in [0.2, 0.25) is 5.95 Å². The molecule has 1 rings (SSSR count). The fourth-order valence-corrected chi connectivity index (χ4v) is 1.09. The van der Waals surface area contributed by atoms with Crippen LogP contribution in [0.2, 0.25) is 0 Å². The number of carbonyl (C=O) groups excluding carboxylic acids is 1. The maximum atomic E-state index is 11.4. The maximum Gasteiger partial charge on any atom is 0.321 e. The van der Waals surface area contributed by atoms with E-state index in [0.717, 1.165) is 0 Å². The molecule has 0 fully saturated rings. The van der Waals surface area contributed by atoms with Crippen molar-refractivity contribution in [2.24, 2.45) is 0 Å². The monoisotopic (exact) mass is 253 g/mol. The Balaban J connectivity index is 2.49. The zero-order valence-corrected chi connectivity index (χ0v) is 10.2. The van der Waals surface area contributed by atoms with Gasteiger partial charge in [-0.25, -0.2) is 9.78 Å². The van der Waals surface area contributed by atoms with Gasteiger partial charge in [-0.3, -0.25) is 10.1 Å². The standard InChI is InChI=1S/C10H15N5O3/c1-15(2)7-3-5-11-9(13-7)14-10(18)12-6-4-8(16)17/h3,5H,4,6H2,1-2H3,(H,16,17)(H2,11,12,13,14,18). The molecule has 2 amide bonds. The molecule has 0 radical (unpaired) electrons. The molecule has 1 aromatic rings. The fourth-order valence-electron chi connectivity index (χ4n) is 1.09. The van der Waals surface area contributed by atoms with Crippen LogP contribution < -0.4 is 15.5 Å². The van der Waals surface area contributed by atoms with Crippen molar-refractivity contribution in [1.29, 1.82) is 0 Å². The quantitative estimate of drug-likeness (QED) is 0.689. The minimum atomic E-state index is -0.971. The minimum absolute atomic E-state index is 0.0501. The molecule has 0 unspecified atom stereocenters. The van der Waals surface area contributed by atoms with Gasteiger partial charge in [0.05, 0.1) is 6.42 Å². The van der Waals surface area contributed by atoms with Crippen LogP contribution in [0, 0.1) is 0 Å². The van der Waals surface area contributed by atoms with E-state index in [9.17, 15) is 9.59 Å². The van der Waals surface area contributed by atoms with E-state index in [4.69, 9.17) is 5.11 Å². The molecular weight excluding hydrogens is 238 g/mol. The zero-order valence-electron chi connectivity index (χ0n) is 10.2. The molecule has 0 aliphatic rings. The largest absolute Gasteiger partial charge is 0.481 e. The predicted molar refractivity (Wildman–Crippen MR) is 65.6 cm³/mol. The van der Waals surface area contributed by atoms with Crippen molar-refractivity contribution in [3.8, 4) is 0 Å². The van der Waals surface area contributed by atoms with Crippen LogP contribution in [-0.2, 0) is 4.79 Å². The summed E-state index contributed by atoms with van der Waals surface area (Å²) >= 11 is 0. The van der Waals surface area contributed by atoms with Crippen molar-refractivity contribution in [2.75, 3.05) is 30.9 Å². The van der Waals surface area contributed by atoms with Crippen LogP contribution in [0.15, 0.2) is 12.3 Å². The first-order chi connectivity index (χ1) is 8.49. The summed E-state index contributed by atoms with van der Waals surface area (Å²) in [5.74, 6) is -0.152. The SMILES string of the molecule is CN(C)c1ccnc(NC(=O)NCCC(=O)O)n1. The minimum Gasteiger partial charge on any atom is -0.481 e. The Hall–Kier alpha value is -2.38. The lowest BCUT2D eigenvalue weighted by Gasteiger charge is -2.12. The second-order valence-corrected chi connectivity index (χ2v) is 3.66. The first-order valence-corrected chi connectivity index (χ1v) is 5.26. The summed E-state index contributed by atoms with van der Waals surface area (Å²) in [6, 6.07) is 1.17. The van der Waals surface area contributed by atoms with Gasteiger partial charge in [-0.1, -0.05) is 0 Å². The van der Waals surface area contributed by atoms with Gasteiger partial charge >= 0.3 is 12.0 Å². The van der Waals surface area contributed by atoms with E-state index in [0.29, 0.717) is 5.82 Å². The number of nitrogens with zero attached hydrogens (tertiary/aromatic N) is 3. The number of urea groups is 1. The highest BCUT2D eigenvalue weighted by molar-refractivity contribution is 5.87. The lowest BCUT2D eigenvalue weighted by atomic mass is 10.4. The van der Waals surface area contributed by atoms with Crippen LogP contribution in [0.25, 0.3) is 0 Å². The van der Waals surface area contributed by atoms with Gasteiger partial charge in [0.25, 0.3) is 0 Å². The molecule has 8 heteroatoms. The number of nitrogens with one attached hydrogen (secondary N) is 2. The smallest absolute Gasteiger partial charge is 0.321 e. The average Bonchev–Trinajstić information content (AvgIpc) is 2.28. The second kappa shape index (κ2) is 6.38. The first-order valence-electron chi connectivity index (χ1n) is 5.26. The number of hydrogen-bond donors (Lipinski definition) is 3.